The number of carbonyl (C=O) groups excluding carboxylic acids is 1. The van der Waals surface area contributed by atoms with E-state index in [1.54, 1.807) is 0 Å². The zero-order valence-corrected chi connectivity index (χ0v) is 13.9. The lowest BCUT2D eigenvalue weighted by molar-refractivity contribution is -0.123. The van der Waals surface area contributed by atoms with Crippen molar-refractivity contribution in [3.8, 4) is 11.8 Å². The predicted molar refractivity (Wildman–Crippen MR) is 87.2 cm³/mol. The summed E-state index contributed by atoms with van der Waals surface area (Å²) < 4.78 is 10.9. The molecule has 0 aromatic heterocycles. The molecule has 1 aromatic rings. The van der Waals surface area contributed by atoms with E-state index in [9.17, 15) is 10.1 Å². The molecule has 5 nitrogen and oxygen atoms in total. The van der Waals surface area contributed by atoms with Crippen molar-refractivity contribution in [3.63, 3.8) is 0 Å². The van der Waals surface area contributed by atoms with Gasteiger partial charge in [-0.25, -0.2) is 0 Å². The maximum absolute atomic E-state index is 12.0. The molecule has 0 saturated carbocycles. The van der Waals surface area contributed by atoms with Gasteiger partial charge in [-0.15, -0.1) is 0 Å². The molecule has 0 radical (unpaired) electrons. The second-order valence-electron chi connectivity index (χ2n) is 6.05. The highest BCUT2D eigenvalue weighted by Crippen LogP contribution is 2.20. The van der Waals surface area contributed by atoms with Gasteiger partial charge in [0.25, 0.3) is 0 Å². The molecule has 0 bridgehead atoms. The van der Waals surface area contributed by atoms with E-state index in [0.717, 1.165) is 5.75 Å². The van der Waals surface area contributed by atoms with Crippen molar-refractivity contribution < 1.29 is 14.3 Å². The second-order valence-corrected chi connectivity index (χ2v) is 6.05. The van der Waals surface area contributed by atoms with Crippen LogP contribution in [-0.2, 0) is 9.53 Å². The van der Waals surface area contributed by atoms with Gasteiger partial charge in [-0.05, 0) is 43.5 Å². The van der Waals surface area contributed by atoms with Crippen molar-refractivity contribution in [2.75, 3.05) is 19.8 Å². The molecule has 0 spiro atoms. The summed E-state index contributed by atoms with van der Waals surface area (Å²) in [5.41, 5.74) is 1.66. The van der Waals surface area contributed by atoms with E-state index < -0.39 is 5.54 Å². The van der Waals surface area contributed by atoms with Gasteiger partial charge in [-0.2, -0.15) is 5.26 Å². The summed E-state index contributed by atoms with van der Waals surface area (Å²) in [6.07, 6.45) is 2.08. The number of rotatable bonds is 6. The van der Waals surface area contributed by atoms with E-state index in [4.69, 9.17) is 9.47 Å². The Hall–Kier alpha value is -2.06. The number of amides is 1. The third-order valence-corrected chi connectivity index (χ3v) is 4.23. The van der Waals surface area contributed by atoms with Crippen LogP contribution in [0.1, 0.15) is 36.8 Å². The van der Waals surface area contributed by atoms with Gasteiger partial charge in [0.1, 0.15) is 11.3 Å². The molecule has 1 aliphatic rings. The SMILES string of the molecule is Cc1ccc(OCCCC(=O)NC2(C#N)CCOCC2)cc1C. The number of nitrogens with zero attached hydrogens (tertiary/aromatic N) is 1. The molecule has 0 atom stereocenters. The number of carbonyl (C=O) groups is 1. The van der Waals surface area contributed by atoms with Crippen LogP contribution in [0.3, 0.4) is 0 Å². The molecule has 23 heavy (non-hydrogen) atoms. The van der Waals surface area contributed by atoms with Crippen LogP contribution in [0.25, 0.3) is 0 Å². The molecule has 1 aromatic carbocycles. The van der Waals surface area contributed by atoms with Crippen LogP contribution >= 0.6 is 0 Å². The van der Waals surface area contributed by atoms with Gasteiger partial charge in [0.2, 0.25) is 5.91 Å². The topological polar surface area (TPSA) is 71.3 Å². The molecule has 1 amide bonds. The van der Waals surface area contributed by atoms with Crippen molar-refractivity contribution >= 4 is 5.91 Å². The molecule has 1 N–H and O–H groups in total. The van der Waals surface area contributed by atoms with Crippen LogP contribution < -0.4 is 10.1 Å². The van der Waals surface area contributed by atoms with Crippen LogP contribution in [-0.4, -0.2) is 31.3 Å². The van der Waals surface area contributed by atoms with E-state index in [1.807, 2.05) is 25.1 Å². The molecule has 0 aliphatic carbocycles. The molecule has 1 heterocycles. The number of hydrogen-bond acceptors (Lipinski definition) is 4. The maximum atomic E-state index is 12.0. The Balaban J connectivity index is 1.72. The summed E-state index contributed by atoms with van der Waals surface area (Å²) in [6, 6.07) is 8.20. The Morgan fingerprint density at radius 3 is 2.74 bits per heavy atom. The standard InChI is InChI=1S/C18H24N2O3/c1-14-5-6-16(12-15(14)2)23-9-3-4-17(21)20-18(13-19)7-10-22-11-8-18/h5-6,12H,3-4,7-11H2,1-2H3,(H,20,21). The Morgan fingerprint density at radius 2 is 2.09 bits per heavy atom. The molecule has 124 valence electrons. The first-order chi connectivity index (χ1) is 11.0. The molecule has 2 rings (SSSR count). The number of ether oxygens (including phenoxy) is 2. The monoisotopic (exact) mass is 316 g/mol. The van der Waals surface area contributed by atoms with Crippen molar-refractivity contribution in [1.82, 2.24) is 5.32 Å². The first-order valence-electron chi connectivity index (χ1n) is 8.05. The maximum Gasteiger partial charge on any atom is 0.221 e. The normalized spacial score (nSPS) is 16.4. The highest BCUT2D eigenvalue weighted by atomic mass is 16.5. The van der Waals surface area contributed by atoms with Crippen LogP contribution in [0, 0.1) is 25.2 Å². The summed E-state index contributed by atoms with van der Waals surface area (Å²) >= 11 is 0. The third-order valence-electron chi connectivity index (χ3n) is 4.23. The molecule has 1 saturated heterocycles. The van der Waals surface area contributed by atoms with Crippen molar-refractivity contribution in [2.45, 2.75) is 45.1 Å². The number of aryl methyl sites for hydroxylation is 2. The largest absolute Gasteiger partial charge is 0.494 e. The fourth-order valence-electron chi connectivity index (χ4n) is 2.54. The molecule has 5 heteroatoms. The van der Waals surface area contributed by atoms with E-state index in [-0.39, 0.29) is 5.91 Å². The fraction of sp³-hybridized carbons (Fsp3) is 0.556. The Labute approximate surface area is 137 Å². The van der Waals surface area contributed by atoms with Gasteiger partial charge in [-0.3, -0.25) is 4.79 Å². The summed E-state index contributed by atoms with van der Waals surface area (Å²) in [5, 5.41) is 12.2. The molecular weight excluding hydrogens is 292 g/mol. The summed E-state index contributed by atoms with van der Waals surface area (Å²) in [4.78, 5) is 12.0. The van der Waals surface area contributed by atoms with Crippen LogP contribution in [0.5, 0.6) is 5.75 Å². The van der Waals surface area contributed by atoms with Gasteiger partial charge in [0.15, 0.2) is 0 Å². The molecular formula is C18H24N2O3. The van der Waals surface area contributed by atoms with Crippen LogP contribution in [0.2, 0.25) is 0 Å². The number of nitriles is 1. The zero-order valence-electron chi connectivity index (χ0n) is 13.9. The van der Waals surface area contributed by atoms with Crippen LogP contribution in [0.4, 0.5) is 0 Å². The van der Waals surface area contributed by atoms with E-state index in [2.05, 4.69) is 18.3 Å². The van der Waals surface area contributed by atoms with Crippen molar-refractivity contribution in [1.29, 1.82) is 5.26 Å². The molecule has 0 unspecified atom stereocenters. The van der Waals surface area contributed by atoms with Crippen molar-refractivity contribution in [2.24, 2.45) is 0 Å². The Morgan fingerprint density at radius 1 is 1.35 bits per heavy atom. The Kier molecular flexibility index (Phi) is 6.00. The van der Waals surface area contributed by atoms with E-state index in [1.165, 1.54) is 11.1 Å². The van der Waals surface area contributed by atoms with Gasteiger partial charge in [-0.1, -0.05) is 6.07 Å². The second kappa shape index (κ2) is 7.98. The first kappa shape index (κ1) is 17.3. The lowest BCUT2D eigenvalue weighted by Crippen LogP contribution is -2.50. The van der Waals surface area contributed by atoms with Gasteiger partial charge in [0.05, 0.1) is 12.7 Å². The number of hydrogen-bond donors (Lipinski definition) is 1. The highest BCUT2D eigenvalue weighted by Gasteiger charge is 2.33. The number of nitrogens with one attached hydrogen (secondary N) is 1. The average Bonchev–Trinajstić information content (AvgIpc) is 2.55. The van der Waals surface area contributed by atoms with Crippen LogP contribution in [0.15, 0.2) is 18.2 Å². The number of benzene rings is 1. The Bertz CT molecular complexity index is 586. The fourth-order valence-corrected chi connectivity index (χ4v) is 2.54. The quantitative estimate of drug-likeness (QED) is 0.819. The van der Waals surface area contributed by atoms with Crippen molar-refractivity contribution in [3.05, 3.63) is 29.3 Å². The minimum absolute atomic E-state index is 0.0999. The van der Waals surface area contributed by atoms with E-state index in [0.29, 0.717) is 45.5 Å². The lowest BCUT2D eigenvalue weighted by Gasteiger charge is -2.31. The third kappa shape index (κ3) is 4.97. The smallest absolute Gasteiger partial charge is 0.221 e. The first-order valence-corrected chi connectivity index (χ1v) is 8.05. The summed E-state index contributed by atoms with van der Waals surface area (Å²) in [7, 11) is 0. The van der Waals surface area contributed by atoms with Gasteiger partial charge < -0.3 is 14.8 Å². The van der Waals surface area contributed by atoms with Gasteiger partial charge >= 0.3 is 0 Å². The minimum atomic E-state index is -0.760. The lowest BCUT2D eigenvalue weighted by atomic mass is 9.91. The molecule has 1 aliphatic heterocycles. The molecule has 1 fully saturated rings. The summed E-state index contributed by atoms with van der Waals surface area (Å²) in [5.74, 6) is 0.726. The minimum Gasteiger partial charge on any atom is -0.494 e. The predicted octanol–water partition coefficient (Wildman–Crippen LogP) is 2.65. The zero-order chi connectivity index (χ0) is 16.7. The van der Waals surface area contributed by atoms with E-state index >= 15 is 0 Å². The highest BCUT2D eigenvalue weighted by molar-refractivity contribution is 5.77. The average molecular weight is 316 g/mol. The van der Waals surface area contributed by atoms with Gasteiger partial charge in [0, 0.05) is 32.5 Å². The summed E-state index contributed by atoms with van der Waals surface area (Å²) in [6.45, 7) is 5.63.